The molecule has 2 aromatic rings. The van der Waals surface area contributed by atoms with Gasteiger partial charge in [0.2, 0.25) is 11.6 Å². The van der Waals surface area contributed by atoms with Crippen LogP contribution in [0.5, 0.6) is 5.75 Å². The first-order chi connectivity index (χ1) is 10.1. The molecule has 4 nitrogen and oxygen atoms in total. The second-order valence-corrected chi connectivity index (χ2v) is 5.01. The van der Waals surface area contributed by atoms with E-state index in [1.54, 1.807) is 30.3 Å². The molecule has 0 saturated heterocycles. The molecule has 0 saturated carbocycles. The Morgan fingerprint density at radius 3 is 2.29 bits per heavy atom. The summed E-state index contributed by atoms with van der Waals surface area (Å²) in [6.07, 6.45) is 1.21. The maximum Gasteiger partial charge on any atom is 0.234 e. The third-order valence-corrected chi connectivity index (χ3v) is 3.87. The van der Waals surface area contributed by atoms with E-state index in [1.807, 2.05) is 0 Å². The molecule has 2 aliphatic rings. The van der Waals surface area contributed by atoms with E-state index < -0.39 is 11.6 Å². The maximum atomic E-state index is 12.6. The molecule has 21 heavy (non-hydrogen) atoms. The van der Waals surface area contributed by atoms with Crippen molar-refractivity contribution in [2.75, 3.05) is 0 Å². The second-order valence-electron chi connectivity index (χ2n) is 5.01. The predicted octanol–water partition coefficient (Wildman–Crippen LogP) is 0.0679. The lowest BCUT2D eigenvalue weighted by atomic mass is 9.80. The number of hydrogen-bond acceptors (Lipinski definition) is 4. The molecule has 2 aliphatic carbocycles. The molecule has 0 aliphatic heterocycles. The summed E-state index contributed by atoms with van der Waals surface area (Å²) in [5, 5.41) is 10.9. The smallest absolute Gasteiger partial charge is 0.234 e. The lowest BCUT2D eigenvalue weighted by Crippen LogP contribution is -2.43. The molecule has 0 radical (unpaired) electrons. The fraction of sp³-hybridized carbons (Fsp3) is 0. The number of ketones is 3. The predicted molar refractivity (Wildman–Crippen MR) is 74.2 cm³/mol. The van der Waals surface area contributed by atoms with E-state index in [-0.39, 0.29) is 22.7 Å². The number of benzene rings is 2. The summed E-state index contributed by atoms with van der Waals surface area (Å²) in [6, 6.07) is 9.55. The number of rotatable bonds is 0. The highest BCUT2D eigenvalue weighted by atomic mass is 16.3. The van der Waals surface area contributed by atoms with Crippen LogP contribution in [0.15, 0.2) is 36.4 Å². The van der Waals surface area contributed by atoms with Crippen molar-refractivity contribution in [2.45, 2.75) is 0 Å². The third kappa shape index (κ3) is 1.36. The zero-order chi connectivity index (χ0) is 14.7. The number of aromatic hydroxyl groups is 1. The molecule has 4 heteroatoms. The van der Waals surface area contributed by atoms with Crippen LogP contribution in [0.3, 0.4) is 0 Å². The summed E-state index contributed by atoms with van der Waals surface area (Å²) >= 11 is 0. The van der Waals surface area contributed by atoms with E-state index >= 15 is 0 Å². The highest BCUT2D eigenvalue weighted by Gasteiger charge is 2.33. The largest absolute Gasteiger partial charge is 0.507 e. The van der Waals surface area contributed by atoms with Crippen LogP contribution in [0.1, 0.15) is 21.5 Å². The van der Waals surface area contributed by atoms with Crippen LogP contribution in [0, 0.1) is 0 Å². The Bertz CT molecular complexity index is 996. The van der Waals surface area contributed by atoms with E-state index in [2.05, 4.69) is 0 Å². The van der Waals surface area contributed by atoms with Crippen molar-refractivity contribution in [3.05, 3.63) is 63.5 Å². The van der Waals surface area contributed by atoms with Gasteiger partial charge < -0.3 is 5.11 Å². The van der Waals surface area contributed by atoms with E-state index in [1.165, 1.54) is 12.1 Å². The molecule has 0 spiro atoms. The number of fused-ring (bicyclic) bond motifs is 2. The van der Waals surface area contributed by atoms with Crippen molar-refractivity contribution in [1.82, 2.24) is 0 Å². The van der Waals surface area contributed by atoms with Gasteiger partial charge in [-0.1, -0.05) is 30.3 Å². The molecule has 0 bridgehead atoms. The summed E-state index contributed by atoms with van der Waals surface area (Å²) in [4.78, 5) is 36.7. The average molecular weight is 276 g/mol. The molecule has 2 aromatic carbocycles. The Labute approximate surface area is 118 Å². The topological polar surface area (TPSA) is 71.4 Å². The zero-order valence-corrected chi connectivity index (χ0v) is 10.7. The van der Waals surface area contributed by atoms with Gasteiger partial charge in [0.1, 0.15) is 5.75 Å². The molecule has 0 aromatic heterocycles. The number of phenolic OH excluding ortho intramolecular Hbond substituents is 1. The molecule has 0 heterocycles. The first-order valence-electron chi connectivity index (χ1n) is 6.40. The van der Waals surface area contributed by atoms with Gasteiger partial charge in [-0.3, -0.25) is 14.4 Å². The van der Waals surface area contributed by atoms with Gasteiger partial charge in [0, 0.05) is 16.4 Å². The SMILES string of the molecule is O=C1C=c2ccc(O)c3c2=C(C1=O)c1ccccc1C3=O. The highest BCUT2D eigenvalue weighted by molar-refractivity contribution is 6.62. The highest BCUT2D eigenvalue weighted by Crippen LogP contribution is 2.28. The van der Waals surface area contributed by atoms with E-state index in [0.29, 0.717) is 21.6 Å². The van der Waals surface area contributed by atoms with Crippen LogP contribution in [0.2, 0.25) is 0 Å². The number of carbonyl (C=O) groups is 3. The molecule has 4 rings (SSSR count). The van der Waals surface area contributed by atoms with Gasteiger partial charge in [0.15, 0.2) is 5.78 Å². The van der Waals surface area contributed by atoms with Crippen molar-refractivity contribution in [3.63, 3.8) is 0 Å². The van der Waals surface area contributed by atoms with Gasteiger partial charge in [0.05, 0.1) is 5.56 Å². The lowest BCUT2D eigenvalue weighted by Gasteiger charge is -2.20. The van der Waals surface area contributed by atoms with Crippen molar-refractivity contribution in [2.24, 2.45) is 0 Å². The standard InChI is InChI=1S/C17H8O4/c18-11-6-5-8-7-12(19)17(21)14-9-3-1-2-4-10(9)16(20)15(11)13(8)14/h1-7,18H. The fourth-order valence-electron chi connectivity index (χ4n) is 2.96. The van der Waals surface area contributed by atoms with Gasteiger partial charge in [-0.2, -0.15) is 0 Å². The van der Waals surface area contributed by atoms with Gasteiger partial charge in [0.25, 0.3) is 0 Å². The summed E-state index contributed by atoms with van der Waals surface area (Å²) in [5.41, 5.74) is 1.08. The molecule has 100 valence electrons. The Hall–Kier alpha value is -3.01. The number of Topliss-reactive ketones (excluding diaryl/α,β-unsaturated/α-hetero) is 2. The average Bonchev–Trinajstić information content (AvgIpc) is 2.49. The number of phenols is 1. The summed E-state index contributed by atoms with van der Waals surface area (Å²) in [5.74, 6) is -1.77. The van der Waals surface area contributed by atoms with Gasteiger partial charge in [-0.05, 0) is 22.9 Å². The minimum atomic E-state index is -0.644. The van der Waals surface area contributed by atoms with Crippen LogP contribution < -0.4 is 10.4 Å². The molecule has 1 N–H and O–H groups in total. The summed E-state index contributed by atoms with van der Waals surface area (Å²) in [7, 11) is 0. The minimum Gasteiger partial charge on any atom is -0.507 e. The minimum absolute atomic E-state index is 0.0956. The number of carbonyl (C=O) groups excluding carboxylic acids is 3. The molecule has 0 atom stereocenters. The van der Waals surface area contributed by atoms with Crippen molar-refractivity contribution in [3.8, 4) is 5.75 Å². The van der Waals surface area contributed by atoms with Crippen LogP contribution in [-0.4, -0.2) is 22.5 Å². The van der Waals surface area contributed by atoms with Gasteiger partial charge in [-0.25, -0.2) is 0 Å². The first kappa shape index (κ1) is 11.8. The van der Waals surface area contributed by atoms with Crippen molar-refractivity contribution in [1.29, 1.82) is 0 Å². The molecular formula is C17H8O4. The van der Waals surface area contributed by atoms with Crippen molar-refractivity contribution < 1.29 is 19.5 Å². The van der Waals surface area contributed by atoms with E-state index in [4.69, 9.17) is 0 Å². The molecule has 0 fully saturated rings. The molecule has 0 unspecified atom stereocenters. The van der Waals surface area contributed by atoms with E-state index in [0.717, 1.165) is 0 Å². The first-order valence-corrected chi connectivity index (χ1v) is 6.40. The fourth-order valence-corrected chi connectivity index (χ4v) is 2.96. The van der Waals surface area contributed by atoms with Crippen LogP contribution in [-0.2, 0) is 9.59 Å². The van der Waals surface area contributed by atoms with Crippen molar-refractivity contribution >= 4 is 29.0 Å². The Morgan fingerprint density at radius 1 is 0.810 bits per heavy atom. The number of hydrogen-bond donors (Lipinski definition) is 1. The van der Waals surface area contributed by atoms with Gasteiger partial charge >= 0.3 is 0 Å². The second kappa shape index (κ2) is 3.76. The molecular weight excluding hydrogens is 268 g/mol. The quantitative estimate of drug-likeness (QED) is 0.691. The Morgan fingerprint density at radius 2 is 1.52 bits per heavy atom. The van der Waals surface area contributed by atoms with Crippen LogP contribution >= 0.6 is 0 Å². The Balaban J connectivity index is 2.36. The summed E-state index contributed by atoms with van der Waals surface area (Å²) < 4.78 is 0. The maximum absolute atomic E-state index is 12.6. The monoisotopic (exact) mass is 276 g/mol. The lowest BCUT2D eigenvalue weighted by molar-refractivity contribution is -0.129. The third-order valence-electron chi connectivity index (χ3n) is 3.87. The Kier molecular flexibility index (Phi) is 2.11. The zero-order valence-electron chi connectivity index (χ0n) is 10.7. The summed E-state index contributed by atoms with van der Waals surface area (Å²) in [6.45, 7) is 0. The normalized spacial score (nSPS) is 15.4. The molecule has 0 amide bonds. The van der Waals surface area contributed by atoms with E-state index in [9.17, 15) is 19.5 Å². The van der Waals surface area contributed by atoms with Crippen LogP contribution in [0.4, 0.5) is 0 Å². The van der Waals surface area contributed by atoms with Crippen LogP contribution in [0.25, 0.3) is 11.6 Å². The van der Waals surface area contributed by atoms with Gasteiger partial charge in [-0.15, -0.1) is 0 Å².